The van der Waals surface area contributed by atoms with Crippen molar-refractivity contribution in [3.05, 3.63) is 41.1 Å². The van der Waals surface area contributed by atoms with Crippen molar-refractivity contribution in [1.29, 1.82) is 0 Å². The predicted molar refractivity (Wildman–Crippen MR) is 96.1 cm³/mol. The molecule has 3 rings (SSSR count). The summed E-state index contributed by atoms with van der Waals surface area (Å²) in [5.41, 5.74) is 0. The maximum atomic E-state index is 12.0. The van der Waals surface area contributed by atoms with Gasteiger partial charge in [0.25, 0.3) is 0 Å². The van der Waals surface area contributed by atoms with Crippen LogP contribution in [0.4, 0.5) is 4.79 Å². The minimum Gasteiger partial charge on any atom is -0.338 e. The quantitative estimate of drug-likeness (QED) is 0.721. The number of urea groups is 1. The van der Waals surface area contributed by atoms with Crippen LogP contribution in [0.1, 0.15) is 30.2 Å². The fourth-order valence-electron chi connectivity index (χ4n) is 3.08. The molecule has 1 aliphatic heterocycles. The lowest BCUT2D eigenvalue weighted by Gasteiger charge is -2.26. The van der Waals surface area contributed by atoms with Crippen LogP contribution >= 0.6 is 11.3 Å². The third-order valence-corrected chi connectivity index (χ3v) is 5.32. The number of rotatable bonds is 8. The number of carbonyl (C=O) groups is 1. The molecule has 7 heteroatoms. The van der Waals surface area contributed by atoms with Crippen molar-refractivity contribution in [3.8, 4) is 0 Å². The number of hydrogen-bond acceptors (Lipinski definition) is 4. The van der Waals surface area contributed by atoms with E-state index >= 15 is 0 Å². The van der Waals surface area contributed by atoms with E-state index in [0.29, 0.717) is 19.1 Å². The molecule has 24 heavy (non-hydrogen) atoms. The number of nitrogens with zero attached hydrogens (tertiary/aromatic N) is 3. The second-order valence-corrected chi connectivity index (χ2v) is 7.04. The first-order valence-electron chi connectivity index (χ1n) is 8.58. The first-order chi connectivity index (χ1) is 11.8. The summed E-state index contributed by atoms with van der Waals surface area (Å²) in [6.45, 7) is 4.44. The average molecular weight is 347 g/mol. The summed E-state index contributed by atoms with van der Waals surface area (Å²) < 4.78 is 2.01. The number of aryl methyl sites for hydroxylation is 1. The second kappa shape index (κ2) is 8.84. The van der Waals surface area contributed by atoms with Gasteiger partial charge in [0, 0.05) is 36.9 Å². The summed E-state index contributed by atoms with van der Waals surface area (Å²) in [6, 6.07) is 4.46. The van der Waals surface area contributed by atoms with Crippen molar-refractivity contribution >= 4 is 17.4 Å². The van der Waals surface area contributed by atoms with Crippen LogP contribution in [0.2, 0.25) is 0 Å². The van der Waals surface area contributed by atoms with Crippen LogP contribution in [-0.2, 0) is 6.54 Å². The van der Waals surface area contributed by atoms with Crippen LogP contribution in [0.15, 0.2) is 36.2 Å². The topological polar surface area (TPSA) is 62.2 Å². The lowest BCUT2D eigenvalue weighted by molar-refractivity contribution is 0.222. The molecule has 1 unspecified atom stereocenters. The SMILES string of the molecule is O=C(NCCCn1ccnc1)NCC(c1cccs1)N1CCCC1. The summed E-state index contributed by atoms with van der Waals surface area (Å²) in [7, 11) is 0. The first kappa shape index (κ1) is 17.0. The molecule has 1 saturated heterocycles. The Kier molecular flexibility index (Phi) is 6.26. The Balaban J connectivity index is 1.39. The number of thiophene rings is 1. The highest BCUT2D eigenvalue weighted by Gasteiger charge is 2.24. The van der Waals surface area contributed by atoms with E-state index in [1.165, 1.54) is 17.7 Å². The van der Waals surface area contributed by atoms with Gasteiger partial charge < -0.3 is 15.2 Å². The van der Waals surface area contributed by atoms with Crippen LogP contribution in [0.3, 0.4) is 0 Å². The van der Waals surface area contributed by atoms with Crippen LogP contribution in [-0.4, -0.2) is 46.7 Å². The Hall–Kier alpha value is -1.86. The highest BCUT2D eigenvalue weighted by Crippen LogP contribution is 2.27. The maximum Gasteiger partial charge on any atom is 0.314 e. The molecule has 1 atom stereocenters. The van der Waals surface area contributed by atoms with Gasteiger partial charge in [0.05, 0.1) is 12.4 Å². The Labute approximate surface area is 146 Å². The van der Waals surface area contributed by atoms with E-state index in [-0.39, 0.29) is 6.03 Å². The van der Waals surface area contributed by atoms with Crippen molar-refractivity contribution in [1.82, 2.24) is 25.1 Å². The molecule has 2 aromatic rings. The van der Waals surface area contributed by atoms with Gasteiger partial charge in [-0.25, -0.2) is 9.78 Å². The molecule has 130 valence electrons. The van der Waals surface area contributed by atoms with E-state index in [1.807, 2.05) is 10.8 Å². The van der Waals surface area contributed by atoms with Gasteiger partial charge in [-0.3, -0.25) is 4.90 Å². The fraction of sp³-hybridized carbons (Fsp3) is 0.529. The summed E-state index contributed by atoms with van der Waals surface area (Å²) in [6.07, 6.45) is 8.89. The zero-order valence-electron chi connectivity index (χ0n) is 13.9. The number of imidazole rings is 1. The molecular weight excluding hydrogens is 322 g/mol. The molecule has 2 aromatic heterocycles. The highest BCUT2D eigenvalue weighted by atomic mass is 32.1. The van der Waals surface area contributed by atoms with Gasteiger partial charge in [-0.1, -0.05) is 6.07 Å². The smallest absolute Gasteiger partial charge is 0.314 e. The molecule has 6 nitrogen and oxygen atoms in total. The standard InChI is InChI=1S/C17H25N5OS/c23-17(19-6-4-8-21-11-7-18-14-21)20-13-15(16-5-3-12-24-16)22-9-1-2-10-22/h3,5,7,11-12,14-15H,1-2,4,6,8-10,13H2,(H2,19,20,23). The normalized spacial score (nSPS) is 16.2. The van der Waals surface area contributed by atoms with E-state index in [1.54, 1.807) is 23.9 Å². The summed E-state index contributed by atoms with van der Waals surface area (Å²) in [4.78, 5) is 19.9. The average Bonchev–Trinajstić information content (AvgIpc) is 3.34. The van der Waals surface area contributed by atoms with E-state index in [4.69, 9.17) is 0 Å². The molecule has 0 radical (unpaired) electrons. The molecule has 0 bridgehead atoms. The number of amides is 2. The molecule has 2 amide bonds. The van der Waals surface area contributed by atoms with Crippen molar-refractivity contribution in [2.45, 2.75) is 31.8 Å². The molecular formula is C17H25N5OS. The monoisotopic (exact) mass is 347 g/mol. The number of nitrogens with one attached hydrogen (secondary N) is 2. The fourth-order valence-corrected chi connectivity index (χ4v) is 3.94. The lowest BCUT2D eigenvalue weighted by atomic mass is 10.2. The van der Waals surface area contributed by atoms with Gasteiger partial charge in [-0.05, 0) is 43.8 Å². The first-order valence-corrected chi connectivity index (χ1v) is 9.46. The van der Waals surface area contributed by atoms with Crippen LogP contribution in [0, 0.1) is 0 Å². The third-order valence-electron chi connectivity index (χ3n) is 4.35. The zero-order chi connectivity index (χ0) is 16.6. The van der Waals surface area contributed by atoms with Crippen molar-refractivity contribution in [2.24, 2.45) is 0 Å². The maximum absolute atomic E-state index is 12.0. The molecule has 2 N–H and O–H groups in total. The van der Waals surface area contributed by atoms with Gasteiger partial charge in [0.15, 0.2) is 0 Å². The minimum atomic E-state index is -0.0821. The van der Waals surface area contributed by atoms with Gasteiger partial charge in [0.2, 0.25) is 0 Å². The van der Waals surface area contributed by atoms with E-state index < -0.39 is 0 Å². The summed E-state index contributed by atoms with van der Waals surface area (Å²) in [5, 5.41) is 8.08. The molecule has 0 aliphatic carbocycles. The highest BCUT2D eigenvalue weighted by molar-refractivity contribution is 7.10. The molecule has 1 aliphatic rings. The van der Waals surface area contributed by atoms with Crippen molar-refractivity contribution in [2.75, 3.05) is 26.2 Å². The predicted octanol–water partition coefficient (Wildman–Crippen LogP) is 2.47. The summed E-state index contributed by atoms with van der Waals surface area (Å²) in [5.74, 6) is 0. The Morgan fingerprint density at radius 1 is 1.33 bits per heavy atom. The molecule has 0 aromatic carbocycles. The number of hydrogen-bond donors (Lipinski definition) is 2. The minimum absolute atomic E-state index is 0.0821. The lowest BCUT2D eigenvalue weighted by Crippen LogP contribution is -2.41. The van der Waals surface area contributed by atoms with Gasteiger partial charge in [0.1, 0.15) is 0 Å². The molecule has 0 saturated carbocycles. The van der Waals surface area contributed by atoms with Crippen molar-refractivity contribution < 1.29 is 4.79 Å². The van der Waals surface area contributed by atoms with Crippen LogP contribution in [0.25, 0.3) is 0 Å². The van der Waals surface area contributed by atoms with E-state index in [9.17, 15) is 4.79 Å². The summed E-state index contributed by atoms with van der Waals surface area (Å²) >= 11 is 1.77. The van der Waals surface area contributed by atoms with Crippen LogP contribution in [0.5, 0.6) is 0 Å². The third kappa shape index (κ3) is 4.82. The van der Waals surface area contributed by atoms with E-state index in [0.717, 1.165) is 26.1 Å². The van der Waals surface area contributed by atoms with Gasteiger partial charge in [-0.15, -0.1) is 11.3 Å². The zero-order valence-corrected chi connectivity index (χ0v) is 14.7. The Bertz CT molecular complexity index is 593. The molecule has 1 fully saturated rings. The van der Waals surface area contributed by atoms with Gasteiger partial charge >= 0.3 is 6.03 Å². The Morgan fingerprint density at radius 2 is 2.21 bits per heavy atom. The number of aromatic nitrogens is 2. The largest absolute Gasteiger partial charge is 0.338 e. The second-order valence-electron chi connectivity index (χ2n) is 6.07. The van der Waals surface area contributed by atoms with Gasteiger partial charge in [-0.2, -0.15) is 0 Å². The number of carbonyl (C=O) groups excluding carboxylic acids is 1. The number of likely N-dealkylation sites (tertiary alicyclic amines) is 1. The Morgan fingerprint density at radius 3 is 2.92 bits per heavy atom. The van der Waals surface area contributed by atoms with E-state index in [2.05, 4.69) is 38.0 Å². The molecule has 0 spiro atoms. The molecule has 3 heterocycles. The van der Waals surface area contributed by atoms with Crippen molar-refractivity contribution in [3.63, 3.8) is 0 Å². The van der Waals surface area contributed by atoms with Crippen LogP contribution < -0.4 is 10.6 Å².